The predicted octanol–water partition coefficient (Wildman–Crippen LogP) is 5.11. The molecule has 1 heterocycles. The molecule has 1 aliphatic rings. The number of amides is 1. The zero-order chi connectivity index (χ0) is 22.5. The van der Waals surface area contributed by atoms with E-state index in [1.54, 1.807) is 0 Å². The highest BCUT2D eigenvalue weighted by molar-refractivity contribution is 9.10. The van der Waals surface area contributed by atoms with E-state index in [0.717, 1.165) is 60.0 Å². The number of aromatic nitrogens is 2. The summed E-state index contributed by atoms with van der Waals surface area (Å²) in [5, 5.41) is 7.64. The van der Waals surface area contributed by atoms with Gasteiger partial charge < -0.3 is 15.5 Å². The maximum atomic E-state index is 12.4. The van der Waals surface area contributed by atoms with Gasteiger partial charge in [-0.05, 0) is 77.7 Å². The van der Waals surface area contributed by atoms with Crippen molar-refractivity contribution in [3.63, 3.8) is 0 Å². The van der Waals surface area contributed by atoms with Crippen molar-refractivity contribution < 1.29 is 4.79 Å². The maximum Gasteiger partial charge on any atom is 0.252 e. The van der Waals surface area contributed by atoms with Crippen molar-refractivity contribution in [3.05, 3.63) is 58.6 Å². The molecule has 2 N–H and O–H groups in total. The lowest BCUT2D eigenvalue weighted by Crippen LogP contribution is -2.32. The van der Waals surface area contributed by atoms with Gasteiger partial charge in [-0.1, -0.05) is 24.3 Å². The number of carbonyl (C=O) groups is 1. The molecule has 32 heavy (non-hydrogen) atoms. The van der Waals surface area contributed by atoms with Crippen LogP contribution in [0.15, 0.2) is 53.0 Å². The van der Waals surface area contributed by atoms with Crippen LogP contribution in [0.4, 0.5) is 11.8 Å². The van der Waals surface area contributed by atoms with Gasteiger partial charge in [-0.15, -0.1) is 0 Å². The van der Waals surface area contributed by atoms with E-state index in [1.807, 2.05) is 61.5 Å². The largest absolute Gasteiger partial charge is 0.362 e. The van der Waals surface area contributed by atoms with E-state index >= 15 is 0 Å². The van der Waals surface area contributed by atoms with E-state index in [9.17, 15) is 4.79 Å². The van der Waals surface area contributed by atoms with Crippen LogP contribution in [0.2, 0.25) is 0 Å². The monoisotopic (exact) mass is 495 g/mol. The first-order valence-corrected chi connectivity index (χ1v) is 12.0. The number of carbonyl (C=O) groups excluding carboxylic acids is 1. The van der Waals surface area contributed by atoms with Gasteiger partial charge in [0.2, 0.25) is 5.95 Å². The summed E-state index contributed by atoms with van der Waals surface area (Å²) in [6.45, 7) is 1.61. The highest BCUT2D eigenvalue weighted by atomic mass is 79.9. The fraction of sp³-hybridized carbons (Fsp3) is 0.400. The third kappa shape index (κ3) is 5.38. The summed E-state index contributed by atoms with van der Waals surface area (Å²) in [4.78, 5) is 23.9. The van der Waals surface area contributed by atoms with Crippen LogP contribution in [0.5, 0.6) is 0 Å². The number of benzene rings is 2. The minimum Gasteiger partial charge on any atom is -0.362 e. The van der Waals surface area contributed by atoms with Gasteiger partial charge in [0.1, 0.15) is 5.82 Å². The molecule has 6 nitrogen and oxygen atoms in total. The molecular formula is C25H30BrN5O. The van der Waals surface area contributed by atoms with E-state index < -0.39 is 0 Å². The van der Waals surface area contributed by atoms with Crippen LogP contribution >= 0.6 is 15.9 Å². The van der Waals surface area contributed by atoms with Crippen LogP contribution in [-0.2, 0) is 0 Å². The Bertz CT molecular complexity index is 1080. The Morgan fingerprint density at radius 2 is 1.62 bits per heavy atom. The lowest BCUT2D eigenvalue weighted by molar-refractivity contribution is 0.0941. The summed E-state index contributed by atoms with van der Waals surface area (Å²) >= 11 is 3.45. The van der Waals surface area contributed by atoms with Crippen LogP contribution in [0.25, 0.3) is 10.9 Å². The summed E-state index contributed by atoms with van der Waals surface area (Å²) < 4.78 is 0.834. The van der Waals surface area contributed by atoms with Gasteiger partial charge in [0.05, 0.1) is 11.1 Å². The fourth-order valence-electron chi connectivity index (χ4n) is 4.33. The molecule has 0 atom stereocenters. The number of nitrogens with zero attached hydrogens (tertiary/aromatic N) is 3. The molecule has 3 aromatic rings. The molecule has 0 bridgehead atoms. The summed E-state index contributed by atoms with van der Waals surface area (Å²) in [6, 6.07) is 15.7. The topological polar surface area (TPSA) is 70.2 Å². The van der Waals surface area contributed by atoms with Crippen LogP contribution < -0.4 is 15.5 Å². The second-order valence-corrected chi connectivity index (χ2v) is 9.59. The third-order valence-corrected chi connectivity index (χ3v) is 6.88. The van der Waals surface area contributed by atoms with E-state index in [1.165, 1.54) is 0 Å². The number of halogens is 1. The number of hydrogen-bond donors (Lipinski definition) is 2. The van der Waals surface area contributed by atoms with Gasteiger partial charge in [0, 0.05) is 37.0 Å². The number of hydrogen-bond acceptors (Lipinski definition) is 5. The molecule has 0 radical (unpaired) electrons. The maximum absolute atomic E-state index is 12.4. The van der Waals surface area contributed by atoms with Crippen LogP contribution in [0.3, 0.4) is 0 Å². The highest BCUT2D eigenvalue weighted by Gasteiger charge is 2.22. The fourth-order valence-corrected chi connectivity index (χ4v) is 4.80. The summed E-state index contributed by atoms with van der Waals surface area (Å²) in [5.41, 5.74) is 1.65. The average molecular weight is 496 g/mol. The molecule has 0 spiro atoms. The van der Waals surface area contributed by atoms with Gasteiger partial charge in [0.25, 0.3) is 5.91 Å². The Hall–Kier alpha value is -2.67. The summed E-state index contributed by atoms with van der Waals surface area (Å²) in [6.07, 6.45) is 4.56. The molecule has 1 aliphatic carbocycles. The first kappa shape index (κ1) is 22.5. The Labute approximate surface area is 198 Å². The first-order chi connectivity index (χ1) is 15.5. The van der Waals surface area contributed by atoms with Crippen molar-refractivity contribution in [2.75, 3.05) is 37.4 Å². The molecule has 2 aromatic carbocycles. The van der Waals surface area contributed by atoms with Gasteiger partial charge in [-0.2, -0.15) is 4.98 Å². The molecule has 0 unspecified atom stereocenters. The Balaban J connectivity index is 1.27. The summed E-state index contributed by atoms with van der Waals surface area (Å²) in [7, 11) is 4.02. The Morgan fingerprint density at radius 1 is 0.969 bits per heavy atom. The minimum absolute atomic E-state index is 0.00795. The number of fused-ring (bicyclic) bond motifs is 1. The van der Waals surface area contributed by atoms with E-state index in [0.29, 0.717) is 23.3 Å². The van der Waals surface area contributed by atoms with E-state index in [4.69, 9.17) is 9.97 Å². The van der Waals surface area contributed by atoms with Crippen molar-refractivity contribution in [1.82, 2.24) is 15.3 Å². The van der Waals surface area contributed by atoms with Crippen LogP contribution in [-0.4, -0.2) is 43.1 Å². The number of nitrogens with one attached hydrogen (secondary N) is 2. The minimum atomic E-state index is -0.00795. The summed E-state index contributed by atoms with van der Waals surface area (Å²) in [5.74, 6) is 2.75. The smallest absolute Gasteiger partial charge is 0.252 e. The SMILES string of the molecule is CN(C)c1nc(NCC2CCC(CNC(=O)c3ccccc3Br)CC2)nc2ccccc12. The van der Waals surface area contributed by atoms with Gasteiger partial charge in [-0.25, -0.2) is 4.98 Å². The Kier molecular flexibility index (Phi) is 7.25. The van der Waals surface area contributed by atoms with Gasteiger partial charge >= 0.3 is 0 Å². The number of para-hydroxylation sites is 1. The predicted molar refractivity (Wildman–Crippen MR) is 134 cm³/mol. The lowest BCUT2D eigenvalue weighted by Gasteiger charge is -2.29. The molecule has 168 valence electrons. The first-order valence-electron chi connectivity index (χ1n) is 11.2. The normalized spacial score (nSPS) is 18.3. The Morgan fingerprint density at radius 3 is 2.34 bits per heavy atom. The van der Waals surface area contributed by atoms with E-state index in [2.05, 4.69) is 32.6 Å². The zero-order valence-electron chi connectivity index (χ0n) is 18.6. The quantitative estimate of drug-likeness (QED) is 0.476. The molecule has 1 fully saturated rings. The molecular weight excluding hydrogens is 466 g/mol. The average Bonchev–Trinajstić information content (AvgIpc) is 2.81. The van der Waals surface area contributed by atoms with Crippen molar-refractivity contribution in [2.24, 2.45) is 11.8 Å². The van der Waals surface area contributed by atoms with Crippen LogP contribution in [0.1, 0.15) is 36.0 Å². The van der Waals surface area contributed by atoms with Gasteiger partial charge in [0.15, 0.2) is 0 Å². The second-order valence-electron chi connectivity index (χ2n) is 8.74. The molecule has 1 amide bonds. The second kappa shape index (κ2) is 10.3. The number of anilines is 2. The van der Waals surface area contributed by atoms with Crippen LogP contribution in [0, 0.1) is 11.8 Å². The number of rotatable bonds is 7. The highest BCUT2D eigenvalue weighted by Crippen LogP contribution is 2.29. The third-order valence-electron chi connectivity index (χ3n) is 6.19. The zero-order valence-corrected chi connectivity index (χ0v) is 20.2. The molecule has 0 aliphatic heterocycles. The lowest BCUT2D eigenvalue weighted by atomic mass is 9.82. The molecule has 0 saturated heterocycles. The van der Waals surface area contributed by atoms with Gasteiger partial charge in [-0.3, -0.25) is 4.79 Å². The molecule has 7 heteroatoms. The van der Waals surface area contributed by atoms with E-state index in [-0.39, 0.29) is 5.91 Å². The van der Waals surface area contributed by atoms with Crippen molar-refractivity contribution in [3.8, 4) is 0 Å². The van der Waals surface area contributed by atoms with Crippen molar-refractivity contribution in [2.45, 2.75) is 25.7 Å². The van der Waals surface area contributed by atoms with Crippen molar-refractivity contribution in [1.29, 1.82) is 0 Å². The molecule has 1 saturated carbocycles. The molecule has 4 rings (SSSR count). The molecule has 1 aromatic heterocycles. The standard InChI is InChI=1S/C25H30BrN5O/c1-31(2)23-20-8-4-6-10-22(20)29-25(30-23)28-16-18-13-11-17(12-14-18)15-27-24(32)19-7-3-5-9-21(19)26/h3-10,17-18H,11-16H2,1-2H3,(H,27,32)(H,28,29,30). The van der Waals surface area contributed by atoms with Crippen molar-refractivity contribution >= 4 is 44.5 Å².